The van der Waals surface area contributed by atoms with E-state index in [0.29, 0.717) is 25.8 Å². The Morgan fingerprint density at radius 2 is 2.05 bits per heavy atom. The Balaban J connectivity index is 2.03. The van der Waals surface area contributed by atoms with E-state index in [2.05, 4.69) is 4.72 Å². The molecular formula is C11H19N3O5S. The third-order valence-corrected chi connectivity index (χ3v) is 5.39. The van der Waals surface area contributed by atoms with Gasteiger partial charge in [-0.1, -0.05) is 0 Å². The number of hydrogen-bond acceptors (Lipinski definition) is 4. The maximum absolute atomic E-state index is 12.2. The van der Waals surface area contributed by atoms with Crippen molar-refractivity contribution in [2.75, 3.05) is 26.7 Å². The molecule has 0 aromatic carbocycles. The Bertz CT molecular complexity index is 506. The highest BCUT2D eigenvalue weighted by Gasteiger charge is 2.37. The first-order valence-electron chi connectivity index (χ1n) is 6.56. The lowest BCUT2D eigenvalue weighted by Gasteiger charge is -2.30. The van der Waals surface area contributed by atoms with E-state index in [-0.39, 0.29) is 19.0 Å². The molecule has 0 bridgehead atoms. The van der Waals surface area contributed by atoms with Crippen LogP contribution in [0.4, 0.5) is 0 Å². The quantitative estimate of drug-likeness (QED) is 0.682. The van der Waals surface area contributed by atoms with Gasteiger partial charge in [-0.15, -0.1) is 0 Å². The van der Waals surface area contributed by atoms with Gasteiger partial charge in [-0.3, -0.25) is 9.59 Å². The molecule has 2 unspecified atom stereocenters. The van der Waals surface area contributed by atoms with E-state index in [0.717, 1.165) is 4.31 Å². The van der Waals surface area contributed by atoms with Crippen LogP contribution in [0.25, 0.3) is 0 Å². The van der Waals surface area contributed by atoms with Crippen LogP contribution in [0, 0.1) is 5.92 Å². The van der Waals surface area contributed by atoms with Crippen LogP contribution in [0.15, 0.2) is 0 Å². The van der Waals surface area contributed by atoms with Gasteiger partial charge in [0, 0.05) is 26.7 Å². The molecule has 9 heteroatoms. The molecule has 2 aliphatic heterocycles. The topological polar surface area (TPSA) is 107 Å². The van der Waals surface area contributed by atoms with Gasteiger partial charge in [0.05, 0.1) is 5.92 Å². The number of rotatable bonds is 4. The fourth-order valence-electron chi connectivity index (χ4n) is 2.55. The Labute approximate surface area is 117 Å². The highest BCUT2D eigenvalue weighted by molar-refractivity contribution is 7.87. The number of nitrogens with zero attached hydrogens (tertiary/aromatic N) is 2. The largest absolute Gasteiger partial charge is 0.481 e. The van der Waals surface area contributed by atoms with Crippen molar-refractivity contribution in [3.63, 3.8) is 0 Å². The lowest BCUT2D eigenvalue weighted by Crippen LogP contribution is -2.51. The monoisotopic (exact) mass is 305 g/mol. The molecular weight excluding hydrogens is 286 g/mol. The normalized spacial score (nSPS) is 28.9. The second-order valence-electron chi connectivity index (χ2n) is 5.26. The summed E-state index contributed by atoms with van der Waals surface area (Å²) in [7, 11) is -2.19. The second-order valence-corrected chi connectivity index (χ2v) is 6.96. The Morgan fingerprint density at radius 1 is 1.35 bits per heavy atom. The van der Waals surface area contributed by atoms with Crippen molar-refractivity contribution >= 4 is 22.1 Å². The predicted octanol–water partition coefficient (Wildman–Crippen LogP) is -1.15. The number of aliphatic carboxylic acids is 1. The summed E-state index contributed by atoms with van der Waals surface area (Å²) in [6.07, 6.45) is 1.42. The Hall–Kier alpha value is -1.19. The number of nitrogens with one attached hydrogen (secondary N) is 1. The van der Waals surface area contributed by atoms with Gasteiger partial charge in [0.2, 0.25) is 5.91 Å². The average Bonchev–Trinajstić information content (AvgIpc) is 2.70. The zero-order valence-corrected chi connectivity index (χ0v) is 12.1. The van der Waals surface area contributed by atoms with Crippen LogP contribution in [-0.2, 0) is 19.8 Å². The summed E-state index contributed by atoms with van der Waals surface area (Å²) < 4.78 is 27.9. The number of hydrogen-bond donors (Lipinski definition) is 2. The molecule has 1 amide bonds. The van der Waals surface area contributed by atoms with Crippen molar-refractivity contribution in [3.8, 4) is 0 Å². The maximum atomic E-state index is 12.2. The fourth-order valence-corrected chi connectivity index (χ4v) is 4.02. The van der Waals surface area contributed by atoms with Gasteiger partial charge in [0.25, 0.3) is 10.2 Å². The van der Waals surface area contributed by atoms with Crippen LogP contribution < -0.4 is 4.72 Å². The van der Waals surface area contributed by atoms with Crippen LogP contribution in [0.3, 0.4) is 0 Å². The van der Waals surface area contributed by atoms with Crippen LogP contribution in [0.2, 0.25) is 0 Å². The number of piperidine rings is 1. The molecule has 2 N–H and O–H groups in total. The van der Waals surface area contributed by atoms with Gasteiger partial charge in [-0.05, 0) is 19.3 Å². The first kappa shape index (κ1) is 15.2. The van der Waals surface area contributed by atoms with Gasteiger partial charge in [0.15, 0.2) is 0 Å². The van der Waals surface area contributed by atoms with E-state index in [1.165, 1.54) is 4.90 Å². The summed E-state index contributed by atoms with van der Waals surface area (Å²) in [5.41, 5.74) is 0. The van der Waals surface area contributed by atoms with Crippen LogP contribution in [-0.4, -0.2) is 67.3 Å². The minimum absolute atomic E-state index is 0.0403. The fraction of sp³-hybridized carbons (Fsp3) is 0.818. The number of amides is 1. The maximum Gasteiger partial charge on any atom is 0.307 e. The lowest BCUT2D eigenvalue weighted by molar-refractivity contribution is -0.142. The van der Waals surface area contributed by atoms with Gasteiger partial charge in [0.1, 0.15) is 6.04 Å². The Kier molecular flexibility index (Phi) is 4.31. The molecule has 0 saturated carbocycles. The number of likely N-dealkylation sites (N-methyl/N-ethyl adjacent to an activating group) is 1. The summed E-state index contributed by atoms with van der Waals surface area (Å²) in [6, 6.07) is -0.741. The first-order valence-corrected chi connectivity index (χ1v) is 8.00. The van der Waals surface area contributed by atoms with E-state index >= 15 is 0 Å². The molecule has 2 atom stereocenters. The standard InChI is InChI=1S/C11H19N3O5S/c1-13-6-4-9(10(13)15)12-20(18,19)14-5-2-3-8(7-14)11(16)17/h8-9,12H,2-7H2,1H3,(H,16,17). The van der Waals surface area contributed by atoms with Crippen molar-refractivity contribution in [1.82, 2.24) is 13.9 Å². The van der Waals surface area contributed by atoms with E-state index in [9.17, 15) is 18.0 Å². The van der Waals surface area contributed by atoms with Crippen LogP contribution in [0.1, 0.15) is 19.3 Å². The molecule has 2 rings (SSSR count). The third kappa shape index (κ3) is 3.10. The van der Waals surface area contributed by atoms with E-state index in [4.69, 9.17) is 5.11 Å². The van der Waals surface area contributed by atoms with E-state index < -0.39 is 28.1 Å². The highest BCUT2D eigenvalue weighted by Crippen LogP contribution is 2.20. The molecule has 20 heavy (non-hydrogen) atoms. The third-order valence-electron chi connectivity index (χ3n) is 3.79. The van der Waals surface area contributed by atoms with Gasteiger partial charge in [-0.25, -0.2) is 0 Å². The molecule has 0 aromatic rings. The molecule has 0 aliphatic carbocycles. The van der Waals surface area contributed by atoms with Gasteiger partial charge in [-0.2, -0.15) is 17.4 Å². The number of carboxylic acids is 1. The molecule has 0 radical (unpaired) electrons. The highest BCUT2D eigenvalue weighted by atomic mass is 32.2. The lowest BCUT2D eigenvalue weighted by atomic mass is 10.0. The summed E-state index contributed by atoms with van der Waals surface area (Å²) >= 11 is 0. The second kappa shape index (κ2) is 5.66. The van der Waals surface area contributed by atoms with Crippen molar-refractivity contribution in [2.24, 2.45) is 5.92 Å². The van der Waals surface area contributed by atoms with Crippen molar-refractivity contribution < 1.29 is 23.1 Å². The smallest absolute Gasteiger partial charge is 0.307 e. The van der Waals surface area contributed by atoms with Crippen LogP contribution >= 0.6 is 0 Å². The number of likely N-dealkylation sites (tertiary alicyclic amines) is 1. The van der Waals surface area contributed by atoms with E-state index in [1.54, 1.807) is 7.05 Å². The molecule has 8 nitrogen and oxygen atoms in total. The molecule has 2 fully saturated rings. The zero-order chi connectivity index (χ0) is 14.9. The number of carbonyl (C=O) groups excluding carboxylic acids is 1. The van der Waals surface area contributed by atoms with Crippen molar-refractivity contribution in [3.05, 3.63) is 0 Å². The SMILES string of the molecule is CN1CCC(NS(=O)(=O)N2CCCC(C(=O)O)C2)C1=O. The van der Waals surface area contributed by atoms with Crippen molar-refractivity contribution in [1.29, 1.82) is 0 Å². The van der Waals surface area contributed by atoms with Crippen molar-refractivity contribution in [2.45, 2.75) is 25.3 Å². The molecule has 2 heterocycles. The summed E-state index contributed by atoms with van der Waals surface area (Å²) in [6.45, 7) is 0.765. The van der Waals surface area contributed by atoms with Crippen LogP contribution in [0.5, 0.6) is 0 Å². The zero-order valence-electron chi connectivity index (χ0n) is 11.3. The average molecular weight is 305 g/mol. The molecule has 0 aromatic heterocycles. The minimum atomic E-state index is -3.82. The summed E-state index contributed by atoms with van der Waals surface area (Å²) in [4.78, 5) is 24.2. The van der Waals surface area contributed by atoms with E-state index in [1.807, 2.05) is 0 Å². The summed E-state index contributed by atoms with van der Waals surface area (Å²) in [5.74, 6) is -1.91. The predicted molar refractivity (Wildman–Crippen MR) is 70.0 cm³/mol. The van der Waals surface area contributed by atoms with Gasteiger partial charge < -0.3 is 10.0 Å². The minimum Gasteiger partial charge on any atom is -0.481 e. The molecule has 2 aliphatic rings. The molecule has 2 saturated heterocycles. The first-order chi connectivity index (χ1) is 9.31. The number of carboxylic acid groups (broad SMARTS) is 1. The Morgan fingerprint density at radius 3 is 2.60 bits per heavy atom. The van der Waals surface area contributed by atoms with Gasteiger partial charge >= 0.3 is 5.97 Å². The molecule has 0 spiro atoms. The summed E-state index contributed by atoms with van der Waals surface area (Å²) in [5, 5.41) is 8.98. The molecule has 114 valence electrons. The number of carbonyl (C=O) groups is 2.